The van der Waals surface area contributed by atoms with Gasteiger partial charge in [-0.2, -0.15) is 0 Å². The number of ether oxygens (including phenoxy) is 2. The first-order chi connectivity index (χ1) is 21.8. The molecule has 0 spiro atoms. The molecule has 0 radical (unpaired) electrons. The lowest BCUT2D eigenvalue weighted by molar-refractivity contribution is -0.153. The summed E-state index contributed by atoms with van der Waals surface area (Å²) in [5, 5.41) is 18.9. The molecule has 0 aliphatic rings. The zero-order chi connectivity index (χ0) is 33.4. The van der Waals surface area contributed by atoms with Crippen molar-refractivity contribution in [2.24, 2.45) is 0 Å². The van der Waals surface area contributed by atoms with E-state index in [0.717, 1.165) is 44.9 Å². The van der Waals surface area contributed by atoms with Crippen molar-refractivity contribution in [3.8, 4) is 0 Å². The normalized spacial score (nSPS) is 15.0. The van der Waals surface area contributed by atoms with E-state index >= 15 is 0 Å². The van der Waals surface area contributed by atoms with Gasteiger partial charge in [-0.1, -0.05) is 113 Å². The first-order valence-electron chi connectivity index (χ1n) is 16.2. The van der Waals surface area contributed by atoms with Gasteiger partial charge in [-0.05, 0) is 38.5 Å². The lowest BCUT2D eigenvalue weighted by Gasteiger charge is -2.20. The highest BCUT2D eigenvalue weighted by atomic mass is 31.2. The number of allylic oxidation sites excluding steroid dienone is 9. The van der Waals surface area contributed by atoms with Gasteiger partial charge in [-0.15, -0.1) is 0 Å². The van der Waals surface area contributed by atoms with Crippen LogP contribution in [0.5, 0.6) is 0 Å². The highest BCUT2D eigenvalue weighted by Gasteiger charge is 2.27. The predicted octanol–water partition coefficient (Wildman–Crippen LogP) is 7.21. The largest absolute Gasteiger partial charge is 0.472 e. The number of rotatable bonds is 29. The Kier molecular flexibility index (Phi) is 28.8. The summed E-state index contributed by atoms with van der Waals surface area (Å²) in [5.41, 5.74) is 0. The lowest BCUT2D eigenvalue weighted by Crippen LogP contribution is -2.28. The predicted molar refractivity (Wildman–Crippen MR) is 177 cm³/mol. The summed E-state index contributed by atoms with van der Waals surface area (Å²) in [6, 6.07) is 0. The molecule has 0 saturated carbocycles. The minimum Gasteiger partial charge on any atom is -0.457 e. The fourth-order valence-electron chi connectivity index (χ4n) is 3.78. The summed E-state index contributed by atoms with van der Waals surface area (Å²) in [5.74, 6) is -1.17. The number of phosphoric acid groups is 1. The molecule has 3 N–H and O–H groups in total. The fourth-order valence-corrected chi connectivity index (χ4v) is 4.56. The van der Waals surface area contributed by atoms with Gasteiger partial charge in [0.05, 0.1) is 32.8 Å². The van der Waals surface area contributed by atoms with Crippen LogP contribution in [0.4, 0.5) is 0 Å². The van der Waals surface area contributed by atoms with Crippen molar-refractivity contribution in [3.63, 3.8) is 0 Å². The molecule has 0 rings (SSSR count). The first kappa shape index (κ1) is 42.7. The van der Waals surface area contributed by atoms with Crippen molar-refractivity contribution < 1.29 is 47.8 Å². The maximum absolute atomic E-state index is 12.2. The van der Waals surface area contributed by atoms with Gasteiger partial charge in [0.25, 0.3) is 0 Å². The molecule has 0 saturated heterocycles. The molecule has 0 bridgehead atoms. The SMILES string of the molecule is CC/C=C\C/C=C\C/C=C\C/C=C\C/C=C\CC(=O)OC(CO)COP(=O)(O)OCC(CO)OC(=O)CCCCCCCCC. The third-order valence-electron chi connectivity index (χ3n) is 6.28. The molecule has 3 unspecified atom stereocenters. The standard InChI is InChI=1S/C34H57O10P/c1-3-5-7-9-11-12-13-14-15-16-17-18-20-22-24-26-34(38)44-32(28-36)30-42-45(39,40)41-29-31(27-35)43-33(37)25-23-21-19-10-8-6-4-2/h5,7,11-12,14-15,17-18,22,24,31-32,35-36H,3-4,6,8-10,13,16,19-21,23,25-30H2,1-2H3,(H,39,40)/b7-5-,12-11-,15-14-,18-17-,24-22-. The van der Waals surface area contributed by atoms with Crippen molar-refractivity contribution >= 4 is 19.8 Å². The molecule has 3 atom stereocenters. The van der Waals surface area contributed by atoms with Crippen LogP contribution in [0.1, 0.15) is 104 Å². The van der Waals surface area contributed by atoms with Gasteiger partial charge in [-0.3, -0.25) is 18.6 Å². The number of hydrogen-bond donors (Lipinski definition) is 3. The van der Waals surface area contributed by atoms with Gasteiger partial charge in [0.15, 0.2) is 0 Å². The number of phosphoric ester groups is 1. The van der Waals surface area contributed by atoms with Crippen LogP contribution in [0.2, 0.25) is 0 Å². The van der Waals surface area contributed by atoms with Crippen LogP contribution >= 0.6 is 7.82 Å². The molecule has 10 nitrogen and oxygen atoms in total. The molecule has 0 fully saturated rings. The number of unbranched alkanes of at least 4 members (excludes halogenated alkanes) is 6. The van der Waals surface area contributed by atoms with E-state index in [1.807, 2.05) is 18.2 Å². The first-order valence-corrected chi connectivity index (χ1v) is 17.7. The number of aliphatic hydroxyl groups excluding tert-OH is 2. The number of carbonyl (C=O) groups excluding carboxylic acids is 2. The summed E-state index contributed by atoms with van der Waals surface area (Å²) in [6.07, 6.45) is 29.8. The van der Waals surface area contributed by atoms with Crippen LogP contribution in [0.15, 0.2) is 60.8 Å². The molecule has 0 heterocycles. The molecule has 0 amide bonds. The number of hydrogen-bond acceptors (Lipinski definition) is 9. The van der Waals surface area contributed by atoms with E-state index in [2.05, 4.69) is 50.3 Å². The summed E-state index contributed by atoms with van der Waals surface area (Å²) in [7, 11) is -4.64. The zero-order valence-electron chi connectivity index (χ0n) is 27.3. The molecule has 0 aromatic heterocycles. The van der Waals surface area contributed by atoms with E-state index in [9.17, 15) is 29.3 Å². The quantitative estimate of drug-likeness (QED) is 0.0326. The Bertz CT molecular complexity index is 941. The van der Waals surface area contributed by atoms with Crippen molar-refractivity contribution in [3.05, 3.63) is 60.8 Å². The second-order valence-electron chi connectivity index (χ2n) is 10.4. The van der Waals surface area contributed by atoms with Crippen LogP contribution < -0.4 is 0 Å². The molecule has 0 aliphatic heterocycles. The Hall–Kier alpha value is -2.33. The molecule has 258 valence electrons. The van der Waals surface area contributed by atoms with Crippen LogP contribution in [0, 0.1) is 0 Å². The molecule has 0 aromatic carbocycles. The fraction of sp³-hybridized carbons (Fsp3) is 0.647. The lowest BCUT2D eigenvalue weighted by atomic mass is 10.1. The third-order valence-corrected chi connectivity index (χ3v) is 7.23. The average Bonchev–Trinajstić information content (AvgIpc) is 3.02. The van der Waals surface area contributed by atoms with Gasteiger partial charge >= 0.3 is 19.8 Å². The highest BCUT2D eigenvalue weighted by molar-refractivity contribution is 7.47. The van der Waals surface area contributed by atoms with E-state index in [1.165, 1.54) is 19.3 Å². The van der Waals surface area contributed by atoms with Crippen LogP contribution in [-0.4, -0.2) is 65.7 Å². The minimum absolute atomic E-state index is 0.0420. The number of esters is 2. The van der Waals surface area contributed by atoms with Crippen molar-refractivity contribution in [1.29, 1.82) is 0 Å². The van der Waals surface area contributed by atoms with E-state index < -0.39 is 58.4 Å². The van der Waals surface area contributed by atoms with Gasteiger partial charge in [-0.25, -0.2) is 4.57 Å². The molecule has 45 heavy (non-hydrogen) atoms. The highest BCUT2D eigenvalue weighted by Crippen LogP contribution is 2.43. The van der Waals surface area contributed by atoms with E-state index in [4.69, 9.17) is 18.5 Å². The van der Waals surface area contributed by atoms with Crippen LogP contribution in [0.25, 0.3) is 0 Å². The Balaban J connectivity index is 4.20. The van der Waals surface area contributed by atoms with Crippen molar-refractivity contribution in [2.45, 2.75) is 116 Å². The second kappa shape index (κ2) is 30.3. The summed E-state index contributed by atoms with van der Waals surface area (Å²) in [6.45, 7) is 1.87. The van der Waals surface area contributed by atoms with E-state index in [-0.39, 0.29) is 12.8 Å². The maximum atomic E-state index is 12.2. The summed E-state index contributed by atoms with van der Waals surface area (Å²) < 4.78 is 32.1. The third kappa shape index (κ3) is 28.9. The number of carbonyl (C=O) groups is 2. The zero-order valence-corrected chi connectivity index (χ0v) is 28.2. The second-order valence-corrected chi connectivity index (χ2v) is 11.9. The van der Waals surface area contributed by atoms with Crippen molar-refractivity contribution in [2.75, 3.05) is 26.4 Å². The Morgan fingerprint density at radius 1 is 0.622 bits per heavy atom. The number of aliphatic hydroxyl groups is 2. The van der Waals surface area contributed by atoms with Crippen LogP contribution in [-0.2, 0) is 32.7 Å². The van der Waals surface area contributed by atoms with Gasteiger partial charge in [0, 0.05) is 6.42 Å². The topological polar surface area (TPSA) is 149 Å². The monoisotopic (exact) mass is 656 g/mol. The summed E-state index contributed by atoms with van der Waals surface area (Å²) in [4.78, 5) is 34.0. The maximum Gasteiger partial charge on any atom is 0.472 e. The summed E-state index contributed by atoms with van der Waals surface area (Å²) >= 11 is 0. The smallest absolute Gasteiger partial charge is 0.457 e. The molecule has 11 heteroatoms. The van der Waals surface area contributed by atoms with Crippen LogP contribution in [0.3, 0.4) is 0 Å². The average molecular weight is 657 g/mol. The Labute approximate surface area is 270 Å². The van der Waals surface area contributed by atoms with Gasteiger partial charge in [0.2, 0.25) is 0 Å². The van der Waals surface area contributed by atoms with E-state index in [1.54, 1.807) is 6.08 Å². The minimum atomic E-state index is -4.64. The van der Waals surface area contributed by atoms with Crippen molar-refractivity contribution in [1.82, 2.24) is 0 Å². The Morgan fingerprint density at radius 3 is 1.51 bits per heavy atom. The van der Waals surface area contributed by atoms with Gasteiger partial charge in [0.1, 0.15) is 12.2 Å². The molecular formula is C34H57O10P. The molecule has 0 aliphatic carbocycles. The Morgan fingerprint density at radius 2 is 1.04 bits per heavy atom. The molecule has 0 aromatic rings. The molecular weight excluding hydrogens is 599 g/mol. The van der Waals surface area contributed by atoms with E-state index in [0.29, 0.717) is 12.8 Å². The van der Waals surface area contributed by atoms with Gasteiger partial charge < -0.3 is 24.6 Å².